The van der Waals surface area contributed by atoms with E-state index in [1.54, 1.807) is 6.08 Å². The van der Waals surface area contributed by atoms with E-state index in [9.17, 15) is 4.79 Å². The molecule has 0 spiro atoms. The molecule has 0 saturated heterocycles. The molecule has 0 aliphatic heterocycles. The number of aromatic nitrogens is 1. The molecule has 0 saturated carbocycles. The first kappa shape index (κ1) is 14.3. The van der Waals surface area contributed by atoms with E-state index in [2.05, 4.69) is 10.3 Å². The summed E-state index contributed by atoms with van der Waals surface area (Å²) in [7, 11) is 0. The third kappa shape index (κ3) is 3.51. The van der Waals surface area contributed by atoms with Crippen LogP contribution in [0.2, 0.25) is 0 Å². The van der Waals surface area contributed by atoms with Crippen molar-refractivity contribution in [3.8, 4) is 11.3 Å². The number of benzene rings is 1. The fourth-order valence-corrected chi connectivity index (χ4v) is 2.64. The van der Waals surface area contributed by atoms with Gasteiger partial charge < -0.3 is 4.42 Å². The van der Waals surface area contributed by atoms with Gasteiger partial charge in [-0.3, -0.25) is 10.1 Å². The molecule has 5 heteroatoms. The van der Waals surface area contributed by atoms with Gasteiger partial charge in [-0.15, -0.1) is 11.3 Å². The Morgan fingerprint density at radius 3 is 2.77 bits per heavy atom. The summed E-state index contributed by atoms with van der Waals surface area (Å²) >= 11 is 1.40. The monoisotopic (exact) mass is 310 g/mol. The second-order valence-electron chi connectivity index (χ2n) is 4.67. The van der Waals surface area contributed by atoms with Gasteiger partial charge in [0.15, 0.2) is 5.13 Å². The zero-order valence-electron chi connectivity index (χ0n) is 11.9. The summed E-state index contributed by atoms with van der Waals surface area (Å²) in [4.78, 5) is 16.3. The van der Waals surface area contributed by atoms with E-state index < -0.39 is 0 Å². The van der Waals surface area contributed by atoms with Crippen molar-refractivity contribution in [3.63, 3.8) is 0 Å². The summed E-state index contributed by atoms with van der Waals surface area (Å²) < 4.78 is 5.37. The number of hydrogen-bond donors (Lipinski definition) is 1. The maximum absolute atomic E-state index is 11.9. The Kier molecular flexibility index (Phi) is 4.16. The van der Waals surface area contributed by atoms with Crippen LogP contribution < -0.4 is 5.32 Å². The van der Waals surface area contributed by atoms with E-state index in [-0.39, 0.29) is 5.91 Å². The van der Waals surface area contributed by atoms with Crippen molar-refractivity contribution in [2.75, 3.05) is 5.32 Å². The minimum atomic E-state index is -0.233. The first-order chi connectivity index (χ1) is 10.7. The van der Waals surface area contributed by atoms with Gasteiger partial charge in [-0.05, 0) is 25.1 Å². The largest absolute Gasteiger partial charge is 0.462 e. The lowest BCUT2D eigenvalue weighted by Gasteiger charge is -1.96. The molecule has 3 rings (SSSR count). The van der Waals surface area contributed by atoms with E-state index in [0.29, 0.717) is 10.9 Å². The molecule has 4 nitrogen and oxygen atoms in total. The number of nitrogens with one attached hydrogen (secondary N) is 1. The lowest BCUT2D eigenvalue weighted by atomic mass is 10.2. The van der Waals surface area contributed by atoms with Gasteiger partial charge in [0.2, 0.25) is 5.91 Å². The van der Waals surface area contributed by atoms with E-state index in [0.717, 1.165) is 17.0 Å². The molecule has 110 valence electrons. The highest BCUT2D eigenvalue weighted by molar-refractivity contribution is 7.14. The molecule has 22 heavy (non-hydrogen) atoms. The van der Waals surface area contributed by atoms with E-state index >= 15 is 0 Å². The van der Waals surface area contributed by atoms with Crippen LogP contribution in [0.5, 0.6) is 0 Å². The Morgan fingerprint density at radius 2 is 2.05 bits per heavy atom. The fraction of sp³-hybridized carbons (Fsp3) is 0.0588. The maximum atomic E-state index is 11.9. The molecule has 0 unspecified atom stereocenters. The Bertz CT molecular complexity index is 803. The smallest absolute Gasteiger partial charge is 0.250 e. The molecular formula is C17H14N2O2S. The Balaban J connectivity index is 1.65. The number of furan rings is 1. The highest BCUT2D eigenvalue weighted by Gasteiger charge is 2.06. The average molecular weight is 310 g/mol. The summed E-state index contributed by atoms with van der Waals surface area (Å²) in [6, 6.07) is 13.5. The Labute approximate surface area is 132 Å². The molecule has 2 heterocycles. The lowest BCUT2D eigenvalue weighted by molar-refractivity contribution is -0.111. The molecule has 0 bridgehead atoms. The Morgan fingerprint density at radius 1 is 1.23 bits per heavy atom. The van der Waals surface area contributed by atoms with Crippen molar-refractivity contribution in [2.24, 2.45) is 0 Å². The quantitative estimate of drug-likeness (QED) is 0.728. The number of hydrogen-bond acceptors (Lipinski definition) is 4. The van der Waals surface area contributed by atoms with Gasteiger partial charge >= 0.3 is 0 Å². The van der Waals surface area contributed by atoms with Crippen LogP contribution in [0, 0.1) is 6.92 Å². The number of carbonyl (C=O) groups excluding carboxylic acids is 1. The predicted octanol–water partition coefficient (Wildman–Crippen LogP) is 4.36. The van der Waals surface area contributed by atoms with Crippen molar-refractivity contribution in [1.82, 2.24) is 4.98 Å². The van der Waals surface area contributed by atoms with Crippen LogP contribution in [-0.2, 0) is 4.79 Å². The maximum Gasteiger partial charge on any atom is 0.250 e. The summed E-state index contributed by atoms with van der Waals surface area (Å²) in [5.41, 5.74) is 1.88. The fourth-order valence-electron chi connectivity index (χ4n) is 1.92. The Hall–Kier alpha value is -2.66. The van der Waals surface area contributed by atoms with E-state index in [4.69, 9.17) is 4.42 Å². The third-order valence-corrected chi connectivity index (χ3v) is 3.72. The van der Waals surface area contributed by atoms with Crippen LogP contribution in [0.3, 0.4) is 0 Å². The van der Waals surface area contributed by atoms with Crippen LogP contribution in [-0.4, -0.2) is 10.9 Å². The van der Waals surface area contributed by atoms with Crippen LogP contribution >= 0.6 is 11.3 Å². The van der Waals surface area contributed by atoms with Crippen LogP contribution in [0.15, 0.2) is 58.3 Å². The van der Waals surface area contributed by atoms with Gasteiger partial charge in [0.05, 0.1) is 5.69 Å². The number of aryl methyl sites for hydroxylation is 1. The van der Waals surface area contributed by atoms with Crippen molar-refractivity contribution < 1.29 is 9.21 Å². The highest BCUT2D eigenvalue weighted by Crippen LogP contribution is 2.24. The zero-order valence-corrected chi connectivity index (χ0v) is 12.8. The summed E-state index contributed by atoms with van der Waals surface area (Å²) in [6.07, 6.45) is 3.07. The standard InChI is InChI=1S/C17H14N2O2S/c1-12-7-8-14(21-12)9-10-16(20)19-17-18-15(11-22-17)13-5-3-2-4-6-13/h2-11H,1H3,(H,18,19,20). The first-order valence-electron chi connectivity index (χ1n) is 6.77. The minimum absolute atomic E-state index is 0.233. The molecule has 1 amide bonds. The topological polar surface area (TPSA) is 55.1 Å². The summed E-state index contributed by atoms with van der Waals surface area (Å²) in [5, 5.41) is 5.24. The van der Waals surface area contributed by atoms with Gasteiger partial charge in [-0.2, -0.15) is 0 Å². The van der Waals surface area contributed by atoms with E-state index in [1.807, 2.05) is 54.8 Å². The second-order valence-corrected chi connectivity index (χ2v) is 5.53. The van der Waals surface area contributed by atoms with Crippen molar-refractivity contribution >= 4 is 28.5 Å². The molecule has 0 radical (unpaired) electrons. The summed E-state index contributed by atoms with van der Waals surface area (Å²) in [6.45, 7) is 1.86. The molecule has 0 fully saturated rings. The summed E-state index contributed by atoms with van der Waals surface area (Å²) in [5.74, 6) is 1.23. The average Bonchev–Trinajstić information content (AvgIpc) is 3.15. The molecule has 1 aromatic carbocycles. The van der Waals surface area contributed by atoms with Gasteiger partial charge in [-0.1, -0.05) is 30.3 Å². The molecule has 0 aliphatic carbocycles. The SMILES string of the molecule is Cc1ccc(C=CC(=O)Nc2nc(-c3ccccc3)cs2)o1. The normalized spacial score (nSPS) is 11.0. The second kappa shape index (κ2) is 6.41. The van der Waals surface area contributed by atoms with Crippen LogP contribution in [0.4, 0.5) is 5.13 Å². The van der Waals surface area contributed by atoms with Gasteiger partial charge in [0, 0.05) is 17.0 Å². The van der Waals surface area contributed by atoms with Gasteiger partial charge in [-0.25, -0.2) is 4.98 Å². The number of amides is 1. The van der Waals surface area contributed by atoms with Crippen LogP contribution in [0.25, 0.3) is 17.3 Å². The number of nitrogens with zero attached hydrogens (tertiary/aromatic N) is 1. The molecular weight excluding hydrogens is 296 g/mol. The highest BCUT2D eigenvalue weighted by atomic mass is 32.1. The van der Waals surface area contributed by atoms with Crippen molar-refractivity contribution in [3.05, 3.63) is 65.4 Å². The molecule has 3 aromatic rings. The predicted molar refractivity (Wildman–Crippen MR) is 88.7 cm³/mol. The molecule has 1 N–H and O–H groups in total. The van der Waals surface area contributed by atoms with Crippen LogP contribution in [0.1, 0.15) is 11.5 Å². The number of carbonyl (C=O) groups is 1. The lowest BCUT2D eigenvalue weighted by Crippen LogP contribution is -2.07. The number of rotatable bonds is 4. The van der Waals surface area contributed by atoms with Crippen molar-refractivity contribution in [2.45, 2.75) is 6.92 Å². The zero-order chi connectivity index (χ0) is 15.4. The van der Waals surface area contributed by atoms with Gasteiger partial charge in [0.25, 0.3) is 0 Å². The van der Waals surface area contributed by atoms with E-state index in [1.165, 1.54) is 17.4 Å². The molecule has 2 aromatic heterocycles. The first-order valence-corrected chi connectivity index (χ1v) is 7.65. The van der Waals surface area contributed by atoms with Gasteiger partial charge in [0.1, 0.15) is 11.5 Å². The number of thiazole rings is 1. The minimum Gasteiger partial charge on any atom is -0.462 e. The molecule has 0 atom stereocenters. The van der Waals surface area contributed by atoms with Crippen molar-refractivity contribution in [1.29, 1.82) is 0 Å². The number of anilines is 1. The third-order valence-electron chi connectivity index (χ3n) is 2.96. The molecule has 0 aliphatic rings.